The van der Waals surface area contributed by atoms with Gasteiger partial charge in [0, 0.05) is 18.5 Å². The number of benzene rings is 1. The molecule has 0 aliphatic rings. The summed E-state index contributed by atoms with van der Waals surface area (Å²) in [6, 6.07) is 9.46. The molecule has 0 radical (unpaired) electrons. The van der Waals surface area contributed by atoms with E-state index >= 15 is 0 Å². The number of para-hydroxylation sites is 1. The van der Waals surface area contributed by atoms with Crippen LogP contribution in [0.3, 0.4) is 0 Å². The molecule has 1 aromatic carbocycles. The molecule has 0 spiro atoms. The molecule has 0 aromatic heterocycles. The second-order valence-corrected chi connectivity index (χ2v) is 5.07. The zero-order valence-electron chi connectivity index (χ0n) is 12.3. The van der Waals surface area contributed by atoms with Crippen LogP contribution in [0.1, 0.15) is 51.4 Å². The number of hydrogen-bond acceptors (Lipinski definition) is 3. The summed E-state index contributed by atoms with van der Waals surface area (Å²) in [5.41, 5.74) is 2.46. The van der Waals surface area contributed by atoms with E-state index in [1.54, 1.807) is 5.48 Å². The fourth-order valence-electron chi connectivity index (χ4n) is 2.08. The van der Waals surface area contributed by atoms with Crippen LogP contribution in [0.4, 0.5) is 5.69 Å². The summed E-state index contributed by atoms with van der Waals surface area (Å²) in [7, 11) is 0. The second kappa shape index (κ2) is 10.9. The van der Waals surface area contributed by atoms with Crippen molar-refractivity contribution in [3.05, 3.63) is 30.3 Å². The van der Waals surface area contributed by atoms with Gasteiger partial charge in [0.2, 0.25) is 11.8 Å². The number of amides is 2. The van der Waals surface area contributed by atoms with Crippen molar-refractivity contribution in [3.63, 3.8) is 0 Å². The van der Waals surface area contributed by atoms with Gasteiger partial charge in [0.25, 0.3) is 0 Å². The highest BCUT2D eigenvalue weighted by Crippen LogP contribution is 2.10. The normalized spacial score (nSPS) is 10.1. The van der Waals surface area contributed by atoms with E-state index in [-0.39, 0.29) is 11.8 Å². The average Bonchev–Trinajstić information content (AvgIpc) is 2.50. The van der Waals surface area contributed by atoms with E-state index in [9.17, 15) is 9.59 Å². The van der Waals surface area contributed by atoms with Crippen LogP contribution in [0.2, 0.25) is 0 Å². The topological polar surface area (TPSA) is 78.4 Å². The van der Waals surface area contributed by atoms with Crippen molar-refractivity contribution in [1.82, 2.24) is 5.48 Å². The Labute approximate surface area is 125 Å². The van der Waals surface area contributed by atoms with Gasteiger partial charge in [-0.2, -0.15) is 0 Å². The van der Waals surface area contributed by atoms with Gasteiger partial charge in [0.15, 0.2) is 0 Å². The van der Waals surface area contributed by atoms with Crippen molar-refractivity contribution in [1.29, 1.82) is 0 Å². The molecule has 0 heterocycles. The lowest BCUT2D eigenvalue weighted by Gasteiger charge is -2.05. The van der Waals surface area contributed by atoms with Crippen LogP contribution < -0.4 is 10.8 Å². The third-order valence-electron chi connectivity index (χ3n) is 3.24. The highest BCUT2D eigenvalue weighted by molar-refractivity contribution is 5.90. The van der Waals surface area contributed by atoms with Gasteiger partial charge in [0.05, 0.1) is 0 Å². The SMILES string of the molecule is O=C(CCCCCCCCC(=O)Nc1ccccc1)NO. The number of carbonyl (C=O) groups excluding carboxylic acids is 2. The predicted molar refractivity (Wildman–Crippen MR) is 81.9 cm³/mol. The second-order valence-electron chi connectivity index (χ2n) is 5.07. The Hall–Kier alpha value is -1.88. The van der Waals surface area contributed by atoms with Crippen molar-refractivity contribution in [2.75, 3.05) is 5.32 Å². The summed E-state index contributed by atoms with van der Waals surface area (Å²) in [6.45, 7) is 0. The maximum absolute atomic E-state index is 11.7. The Kier molecular flexibility index (Phi) is 8.88. The molecule has 0 unspecified atom stereocenters. The third kappa shape index (κ3) is 8.81. The van der Waals surface area contributed by atoms with Gasteiger partial charge < -0.3 is 5.32 Å². The molecule has 2 amide bonds. The van der Waals surface area contributed by atoms with E-state index in [2.05, 4.69) is 5.32 Å². The zero-order valence-corrected chi connectivity index (χ0v) is 12.3. The van der Waals surface area contributed by atoms with Crippen molar-refractivity contribution in [3.8, 4) is 0 Å². The van der Waals surface area contributed by atoms with Gasteiger partial charge >= 0.3 is 0 Å². The van der Waals surface area contributed by atoms with Crippen LogP contribution >= 0.6 is 0 Å². The Morgan fingerprint density at radius 3 is 1.90 bits per heavy atom. The number of hydrogen-bond donors (Lipinski definition) is 3. The molecule has 0 saturated carbocycles. The monoisotopic (exact) mass is 292 g/mol. The third-order valence-corrected chi connectivity index (χ3v) is 3.24. The van der Waals surface area contributed by atoms with E-state index < -0.39 is 0 Å². The lowest BCUT2D eigenvalue weighted by Crippen LogP contribution is -2.17. The van der Waals surface area contributed by atoms with Crippen molar-refractivity contribution < 1.29 is 14.8 Å². The summed E-state index contributed by atoms with van der Waals surface area (Å²) in [5, 5.41) is 11.2. The summed E-state index contributed by atoms with van der Waals surface area (Å²) in [4.78, 5) is 22.4. The molecule has 0 aliphatic carbocycles. The first-order valence-corrected chi connectivity index (χ1v) is 7.50. The van der Waals surface area contributed by atoms with Crippen molar-refractivity contribution in [2.24, 2.45) is 0 Å². The van der Waals surface area contributed by atoms with Crippen LogP contribution in [-0.2, 0) is 9.59 Å². The van der Waals surface area contributed by atoms with Gasteiger partial charge in [0.1, 0.15) is 0 Å². The van der Waals surface area contributed by atoms with Gasteiger partial charge in [-0.1, -0.05) is 43.9 Å². The smallest absolute Gasteiger partial charge is 0.243 e. The summed E-state index contributed by atoms with van der Waals surface area (Å²) >= 11 is 0. The summed E-state index contributed by atoms with van der Waals surface area (Å²) in [6.07, 6.45) is 6.71. The number of nitrogens with one attached hydrogen (secondary N) is 2. The van der Waals surface area contributed by atoms with E-state index in [0.717, 1.165) is 44.2 Å². The van der Waals surface area contributed by atoms with Gasteiger partial charge in [-0.3, -0.25) is 14.8 Å². The molecule has 5 nitrogen and oxygen atoms in total. The minimum atomic E-state index is -0.326. The Morgan fingerprint density at radius 2 is 1.33 bits per heavy atom. The number of rotatable bonds is 10. The number of unbranched alkanes of at least 4 members (excludes halogenated alkanes) is 5. The van der Waals surface area contributed by atoms with Crippen LogP contribution in [0, 0.1) is 0 Å². The van der Waals surface area contributed by atoms with Gasteiger partial charge in [-0.25, -0.2) is 5.48 Å². The summed E-state index contributed by atoms with van der Waals surface area (Å²) in [5.74, 6) is -0.270. The molecule has 0 bridgehead atoms. The molecule has 1 aromatic rings. The summed E-state index contributed by atoms with van der Waals surface area (Å²) < 4.78 is 0. The molecular formula is C16H24N2O3. The van der Waals surface area contributed by atoms with E-state index in [0.29, 0.717) is 12.8 Å². The molecule has 21 heavy (non-hydrogen) atoms. The molecule has 0 aliphatic heterocycles. The fourth-order valence-corrected chi connectivity index (χ4v) is 2.08. The lowest BCUT2D eigenvalue weighted by molar-refractivity contribution is -0.129. The maximum Gasteiger partial charge on any atom is 0.243 e. The molecule has 5 heteroatoms. The largest absolute Gasteiger partial charge is 0.326 e. The minimum Gasteiger partial charge on any atom is -0.326 e. The van der Waals surface area contributed by atoms with Crippen molar-refractivity contribution in [2.45, 2.75) is 51.4 Å². The molecule has 0 fully saturated rings. The molecule has 116 valence electrons. The Morgan fingerprint density at radius 1 is 0.810 bits per heavy atom. The quantitative estimate of drug-likeness (QED) is 0.352. The van der Waals surface area contributed by atoms with Crippen LogP contribution in [-0.4, -0.2) is 17.0 Å². The standard InChI is InChI=1S/C16H24N2O3/c19-15(17-14-10-6-5-7-11-14)12-8-3-1-2-4-9-13-16(20)18-21/h5-7,10-11,21H,1-4,8-9,12-13H2,(H,17,19)(H,18,20). The highest BCUT2D eigenvalue weighted by Gasteiger charge is 2.02. The highest BCUT2D eigenvalue weighted by atomic mass is 16.5. The van der Waals surface area contributed by atoms with Crippen LogP contribution in [0.25, 0.3) is 0 Å². The van der Waals surface area contributed by atoms with Gasteiger partial charge in [-0.15, -0.1) is 0 Å². The average molecular weight is 292 g/mol. The molecule has 0 saturated heterocycles. The Bertz CT molecular complexity index is 421. The molecule has 1 rings (SSSR count). The van der Waals surface area contributed by atoms with Crippen LogP contribution in [0.15, 0.2) is 30.3 Å². The Balaban J connectivity index is 1.94. The number of carbonyl (C=O) groups is 2. The first-order chi connectivity index (χ1) is 10.2. The number of hydroxylamine groups is 1. The van der Waals surface area contributed by atoms with Crippen LogP contribution in [0.5, 0.6) is 0 Å². The first kappa shape index (κ1) is 17.2. The molecular weight excluding hydrogens is 268 g/mol. The van der Waals surface area contributed by atoms with Crippen molar-refractivity contribution >= 4 is 17.5 Å². The maximum atomic E-state index is 11.7. The van der Waals surface area contributed by atoms with Gasteiger partial charge in [-0.05, 0) is 25.0 Å². The van der Waals surface area contributed by atoms with E-state index in [1.165, 1.54) is 0 Å². The molecule has 0 atom stereocenters. The van der Waals surface area contributed by atoms with E-state index in [1.807, 2.05) is 30.3 Å². The fraction of sp³-hybridized carbons (Fsp3) is 0.500. The first-order valence-electron chi connectivity index (χ1n) is 7.50. The van der Waals surface area contributed by atoms with E-state index in [4.69, 9.17) is 5.21 Å². The minimum absolute atomic E-state index is 0.0563. The lowest BCUT2D eigenvalue weighted by atomic mass is 10.1. The predicted octanol–water partition coefficient (Wildman–Crippen LogP) is 3.25. The number of anilines is 1. The molecule has 3 N–H and O–H groups in total. The zero-order chi connectivity index (χ0) is 15.3.